The van der Waals surface area contributed by atoms with Crippen LogP contribution in [0.5, 0.6) is 0 Å². The predicted octanol–water partition coefficient (Wildman–Crippen LogP) is 1.57. The Labute approximate surface area is 121 Å². The Morgan fingerprint density at radius 3 is 2.45 bits per heavy atom. The number of benzene rings is 1. The van der Waals surface area contributed by atoms with E-state index in [1.807, 2.05) is 13.1 Å². The molecule has 0 aromatic heterocycles. The van der Waals surface area contributed by atoms with Gasteiger partial charge in [0, 0.05) is 39.9 Å². The van der Waals surface area contributed by atoms with Crippen LogP contribution in [0.4, 0.5) is 11.4 Å². The van der Waals surface area contributed by atoms with E-state index in [1.54, 1.807) is 26.2 Å². The average Bonchev–Trinajstić information content (AvgIpc) is 2.42. The van der Waals surface area contributed by atoms with E-state index in [0.29, 0.717) is 11.3 Å². The molecule has 0 aliphatic heterocycles. The second-order valence-corrected chi connectivity index (χ2v) is 5.18. The molecule has 20 heavy (non-hydrogen) atoms. The molecule has 3 N–H and O–H groups in total. The highest BCUT2D eigenvalue weighted by atomic mass is 16.2. The first kappa shape index (κ1) is 16.3. The highest BCUT2D eigenvalue weighted by molar-refractivity contribution is 5.95. The fourth-order valence-corrected chi connectivity index (χ4v) is 2.05. The third-order valence-electron chi connectivity index (χ3n) is 3.24. The molecule has 0 aliphatic rings. The minimum absolute atomic E-state index is 0.0474. The van der Waals surface area contributed by atoms with Crippen LogP contribution in [0.15, 0.2) is 18.2 Å². The smallest absolute Gasteiger partial charge is 0.253 e. The molecule has 0 bridgehead atoms. The molecule has 0 unspecified atom stereocenters. The Bertz CT molecular complexity index is 447. The Morgan fingerprint density at radius 2 is 1.90 bits per heavy atom. The minimum atomic E-state index is -0.0474. The zero-order chi connectivity index (χ0) is 15.1. The zero-order valence-electron chi connectivity index (χ0n) is 12.6. The maximum absolute atomic E-state index is 11.9. The molecule has 0 atom stereocenters. The molecule has 1 amide bonds. The Kier molecular flexibility index (Phi) is 6.31. The fraction of sp³-hybridized carbons (Fsp3) is 0.533. The summed E-state index contributed by atoms with van der Waals surface area (Å²) in [5.41, 5.74) is 8.19. The zero-order valence-corrected chi connectivity index (χ0v) is 12.6. The van der Waals surface area contributed by atoms with Crippen LogP contribution in [0.2, 0.25) is 0 Å². The lowest BCUT2D eigenvalue weighted by atomic mass is 10.1. The van der Waals surface area contributed by atoms with Gasteiger partial charge in [-0.2, -0.15) is 0 Å². The molecule has 0 saturated heterocycles. The van der Waals surface area contributed by atoms with Crippen molar-refractivity contribution in [2.75, 3.05) is 44.9 Å². The van der Waals surface area contributed by atoms with Crippen LogP contribution in [0, 0.1) is 0 Å². The van der Waals surface area contributed by atoms with Crippen LogP contribution in [-0.4, -0.2) is 50.2 Å². The summed E-state index contributed by atoms with van der Waals surface area (Å²) in [6.45, 7) is 1.12. The summed E-state index contributed by atoms with van der Waals surface area (Å²) >= 11 is 0. The third-order valence-corrected chi connectivity index (χ3v) is 3.24. The number of anilines is 2. The van der Waals surface area contributed by atoms with Crippen molar-refractivity contribution >= 4 is 17.3 Å². The molecule has 1 aromatic rings. The van der Waals surface area contributed by atoms with Gasteiger partial charge in [0.15, 0.2) is 0 Å². The quantitative estimate of drug-likeness (QED) is 0.587. The molecular formula is C15H25N3O2. The number of aliphatic hydroxyl groups is 1. The monoisotopic (exact) mass is 279 g/mol. The van der Waals surface area contributed by atoms with Gasteiger partial charge in [-0.3, -0.25) is 4.79 Å². The molecular weight excluding hydrogens is 254 g/mol. The molecule has 0 fully saturated rings. The summed E-state index contributed by atoms with van der Waals surface area (Å²) in [5, 5.41) is 8.75. The molecule has 0 saturated carbocycles. The number of nitrogens with zero attached hydrogens (tertiary/aromatic N) is 2. The van der Waals surface area contributed by atoms with Gasteiger partial charge in [0.2, 0.25) is 0 Å². The summed E-state index contributed by atoms with van der Waals surface area (Å²) < 4.78 is 0. The summed E-state index contributed by atoms with van der Waals surface area (Å²) in [6.07, 6.45) is 2.84. The third kappa shape index (κ3) is 4.42. The number of hydrogen-bond acceptors (Lipinski definition) is 4. The van der Waals surface area contributed by atoms with Gasteiger partial charge in [0.05, 0.1) is 11.4 Å². The van der Waals surface area contributed by atoms with Crippen LogP contribution in [0.1, 0.15) is 29.6 Å². The van der Waals surface area contributed by atoms with Gasteiger partial charge in [0.1, 0.15) is 0 Å². The first-order chi connectivity index (χ1) is 9.47. The van der Waals surface area contributed by atoms with Crippen LogP contribution in [0.25, 0.3) is 0 Å². The molecule has 0 radical (unpaired) electrons. The van der Waals surface area contributed by atoms with E-state index < -0.39 is 0 Å². The van der Waals surface area contributed by atoms with Crippen LogP contribution in [0.3, 0.4) is 0 Å². The Balaban J connectivity index is 2.70. The van der Waals surface area contributed by atoms with Crippen molar-refractivity contribution in [3.63, 3.8) is 0 Å². The molecule has 112 valence electrons. The highest BCUT2D eigenvalue weighted by Crippen LogP contribution is 2.24. The van der Waals surface area contributed by atoms with E-state index in [1.165, 1.54) is 4.90 Å². The fourth-order valence-electron chi connectivity index (χ4n) is 2.05. The number of nitrogen functional groups attached to an aromatic ring is 1. The van der Waals surface area contributed by atoms with Crippen LogP contribution < -0.4 is 10.6 Å². The topological polar surface area (TPSA) is 69.8 Å². The van der Waals surface area contributed by atoms with Crippen molar-refractivity contribution in [2.24, 2.45) is 0 Å². The van der Waals surface area contributed by atoms with Gasteiger partial charge >= 0.3 is 0 Å². The molecule has 0 heterocycles. The first-order valence-corrected chi connectivity index (χ1v) is 6.90. The molecule has 1 rings (SSSR count). The summed E-state index contributed by atoms with van der Waals surface area (Å²) in [6, 6.07) is 5.41. The predicted molar refractivity (Wildman–Crippen MR) is 83.1 cm³/mol. The van der Waals surface area contributed by atoms with Gasteiger partial charge in [-0.05, 0) is 37.5 Å². The number of rotatable bonds is 7. The molecule has 0 aliphatic carbocycles. The first-order valence-electron chi connectivity index (χ1n) is 6.90. The second-order valence-electron chi connectivity index (χ2n) is 5.18. The van der Waals surface area contributed by atoms with E-state index in [0.717, 1.165) is 31.5 Å². The summed E-state index contributed by atoms with van der Waals surface area (Å²) in [7, 11) is 5.43. The van der Waals surface area contributed by atoms with Gasteiger partial charge in [-0.15, -0.1) is 0 Å². The number of amides is 1. The van der Waals surface area contributed by atoms with Crippen molar-refractivity contribution in [3.8, 4) is 0 Å². The van der Waals surface area contributed by atoms with E-state index in [2.05, 4.69) is 4.90 Å². The number of carbonyl (C=O) groups excluding carboxylic acids is 1. The minimum Gasteiger partial charge on any atom is -0.397 e. The summed E-state index contributed by atoms with van der Waals surface area (Å²) in [4.78, 5) is 15.5. The molecule has 5 nitrogen and oxygen atoms in total. The van der Waals surface area contributed by atoms with E-state index in [9.17, 15) is 4.79 Å². The molecule has 1 aromatic carbocycles. The number of carbonyl (C=O) groups is 1. The van der Waals surface area contributed by atoms with Crippen molar-refractivity contribution in [2.45, 2.75) is 19.3 Å². The largest absolute Gasteiger partial charge is 0.397 e. The van der Waals surface area contributed by atoms with Crippen molar-refractivity contribution in [1.29, 1.82) is 0 Å². The van der Waals surface area contributed by atoms with Gasteiger partial charge < -0.3 is 20.6 Å². The van der Waals surface area contributed by atoms with Gasteiger partial charge in [-0.1, -0.05) is 0 Å². The lowest BCUT2D eigenvalue weighted by molar-refractivity contribution is 0.0827. The standard InChI is InChI=1S/C15H25N3O2/c1-17(2)15(20)12-7-8-14(13(16)11-12)18(3)9-5-4-6-10-19/h7-8,11,19H,4-6,9-10,16H2,1-3H3. The maximum atomic E-state index is 11.9. The molecule has 5 heteroatoms. The van der Waals surface area contributed by atoms with Crippen LogP contribution >= 0.6 is 0 Å². The van der Waals surface area contributed by atoms with E-state index >= 15 is 0 Å². The van der Waals surface area contributed by atoms with E-state index in [-0.39, 0.29) is 12.5 Å². The lowest BCUT2D eigenvalue weighted by Crippen LogP contribution is -2.23. The SMILES string of the molecule is CN(C)C(=O)c1ccc(N(C)CCCCCO)c(N)c1. The number of aliphatic hydroxyl groups excluding tert-OH is 1. The van der Waals surface area contributed by atoms with Crippen molar-refractivity contribution < 1.29 is 9.90 Å². The van der Waals surface area contributed by atoms with Crippen molar-refractivity contribution in [1.82, 2.24) is 4.90 Å². The van der Waals surface area contributed by atoms with E-state index in [4.69, 9.17) is 10.8 Å². The van der Waals surface area contributed by atoms with Crippen molar-refractivity contribution in [3.05, 3.63) is 23.8 Å². The lowest BCUT2D eigenvalue weighted by Gasteiger charge is -2.22. The Hall–Kier alpha value is -1.75. The highest BCUT2D eigenvalue weighted by Gasteiger charge is 2.11. The second kappa shape index (κ2) is 7.75. The normalized spacial score (nSPS) is 10.4. The summed E-state index contributed by atoms with van der Waals surface area (Å²) in [5.74, 6) is -0.0474. The molecule has 0 spiro atoms. The van der Waals surface area contributed by atoms with Crippen LogP contribution in [-0.2, 0) is 0 Å². The number of nitrogens with two attached hydrogens (primary N) is 1. The van der Waals surface area contributed by atoms with Gasteiger partial charge in [0.25, 0.3) is 5.91 Å². The number of hydrogen-bond donors (Lipinski definition) is 2. The van der Waals surface area contributed by atoms with Gasteiger partial charge in [-0.25, -0.2) is 0 Å². The maximum Gasteiger partial charge on any atom is 0.253 e. The Morgan fingerprint density at radius 1 is 1.20 bits per heavy atom. The average molecular weight is 279 g/mol. The number of unbranched alkanes of at least 4 members (excludes halogenated alkanes) is 2.